The molecule has 0 unspecified atom stereocenters. The fraction of sp³-hybridized carbons (Fsp3) is 0.0526. The Balaban J connectivity index is 1.98. The minimum absolute atomic E-state index is 1.32. The highest BCUT2D eigenvalue weighted by Crippen LogP contribution is 2.40. The van der Waals surface area contributed by atoms with Crippen LogP contribution in [-0.4, -0.2) is 0 Å². The lowest BCUT2D eigenvalue weighted by Crippen LogP contribution is -1.87. The number of hydrogen-bond acceptors (Lipinski definition) is 0. The SMILES string of the molecule is Cc1ccc2c(c1)C(=C1C=Cc3ccccc31)C=C2. The third-order valence-corrected chi connectivity index (χ3v) is 3.90. The van der Waals surface area contributed by atoms with Gasteiger partial charge in [0.25, 0.3) is 0 Å². The van der Waals surface area contributed by atoms with Gasteiger partial charge < -0.3 is 0 Å². The first-order valence-electron chi connectivity index (χ1n) is 6.64. The van der Waals surface area contributed by atoms with E-state index in [4.69, 9.17) is 0 Å². The summed E-state index contributed by atoms with van der Waals surface area (Å²) in [5, 5.41) is 0. The Kier molecular flexibility index (Phi) is 2.13. The van der Waals surface area contributed by atoms with Crippen LogP contribution in [0.5, 0.6) is 0 Å². The molecule has 0 saturated heterocycles. The minimum Gasteiger partial charge on any atom is -0.0616 e. The summed E-state index contributed by atoms with van der Waals surface area (Å²) in [7, 11) is 0. The molecule has 0 heterocycles. The highest BCUT2D eigenvalue weighted by Gasteiger charge is 2.18. The lowest BCUT2D eigenvalue weighted by molar-refractivity contribution is 1.45. The van der Waals surface area contributed by atoms with Crippen molar-refractivity contribution in [3.63, 3.8) is 0 Å². The molecule has 90 valence electrons. The van der Waals surface area contributed by atoms with E-state index in [0.29, 0.717) is 0 Å². The van der Waals surface area contributed by atoms with Gasteiger partial charge in [0.05, 0.1) is 0 Å². The van der Waals surface area contributed by atoms with Crippen molar-refractivity contribution in [3.8, 4) is 0 Å². The maximum Gasteiger partial charge on any atom is -0.00989 e. The van der Waals surface area contributed by atoms with Crippen LogP contribution in [0.25, 0.3) is 23.3 Å². The summed E-state index contributed by atoms with van der Waals surface area (Å²) in [5.41, 5.74) is 9.35. The summed E-state index contributed by atoms with van der Waals surface area (Å²) in [6.07, 6.45) is 8.90. The molecular formula is C19H14. The first-order chi connectivity index (χ1) is 9.33. The highest BCUT2D eigenvalue weighted by molar-refractivity contribution is 6.10. The van der Waals surface area contributed by atoms with Crippen LogP contribution >= 0.6 is 0 Å². The lowest BCUT2D eigenvalue weighted by atomic mass is 9.96. The van der Waals surface area contributed by atoms with Crippen molar-refractivity contribution >= 4 is 23.3 Å². The van der Waals surface area contributed by atoms with Crippen molar-refractivity contribution in [1.82, 2.24) is 0 Å². The van der Waals surface area contributed by atoms with Crippen LogP contribution in [0.1, 0.15) is 27.8 Å². The van der Waals surface area contributed by atoms with Gasteiger partial charge in [0.1, 0.15) is 0 Å². The van der Waals surface area contributed by atoms with Crippen molar-refractivity contribution in [3.05, 3.63) is 82.4 Å². The molecule has 0 aromatic heterocycles. The van der Waals surface area contributed by atoms with Gasteiger partial charge in [-0.05, 0) is 40.3 Å². The summed E-state index contributed by atoms with van der Waals surface area (Å²) >= 11 is 0. The molecule has 4 rings (SSSR count). The lowest BCUT2D eigenvalue weighted by Gasteiger charge is -2.08. The molecule has 2 aliphatic carbocycles. The quantitative estimate of drug-likeness (QED) is 0.612. The van der Waals surface area contributed by atoms with Crippen molar-refractivity contribution in [1.29, 1.82) is 0 Å². The molecule has 0 aliphatic heterocycles. The third kappa shape index (κ3) is 1.53. The summed E-state index contributed by atoms with van der Waals surface area (Å²) < 4.78 is 0. The average molecular weight is 242 g/mol. The van der Waals surface area contributed by atoms with Crippen LogP contribution in [0, 0.1) is 6.92 Å². The largest absolute Gasteiger partial charge is 0.0616 e. The molecule has 0 saturated carbocycles. The second-order valence-electron chi connectivity index (χ2n) is 5.17. The van der Waals surface area contributed by atoms with Gasteiger partial charge in [-0.25, -0.2) is 0 Å². The summed E-state index contributed by atoms with van der Waals surface area (Å²) in [6.45, 7) is 2.15. The van der Waals surface area contributed by atoms with Gasteiger partial charge in [0.2, 0.25) is 0 Å². The van der Waals surface area contributed by atoms with Gasteiger partial charge >= 0.3 is 0 Å². The maximum atomic E-state index is 2.28. The molecule has 0 heteroatoms. The summed E-state index contributed by atoms with van der Waals surface area (Å²) in [4.78, 5) is 0. The monoisotopic (exact) mass is 242 g/mol. The Labute approximate surface area is 113 Å². The second kappa shape index (κ2) is 3.83. The zero-order valence-electron chi connectivity index (χ0n) is 10.9. The van der Waals surface area contributed by atoms with Crippen LogP contribution in [0.15, 0.2) is 54.6 Å². The van der Waals surface area contributed by atoms with Crippen LogP contribution < -0.4 is 0 Å². The Hall–Kier alpha value is -2.34. The van der Waals surface area contributed by atoms with E-state index < -0.39 is 0 Å². The Morgan fingerprint density at radius 3 is 2.16 bits per heavy atom. The predicted octanol–water partition coefficient (Wildman–Crippen LogP) is 4.96. The Morgan fingerprint density at radius 2 is 1.32 bits per heavy atom. The predicted molar refractivity (Wildman–Crippen MR) is 82.5 cm³/mol. The number of rotatable bonds is 0. The van der Waals surface area contributed by atoms with E-state index in [2.05, 4.69) is 73.7 Å². The third-order valence-electron chi connectivity index (χ3n) is 3.90. The summed E-state index contributed by atoms with van der Waals surface area (Å²) in [6, 6.07) is 15.3. The number of aryl methyl sites for hydroxylation is 1. The molecule has 0 amide bonds. The highest BCUT2D eigenvalue weighted by atomic mass is 14.2. The fourth-order valence-electron chi connectivity index (χ4n) is 2.93. The molecule has 2 aromatic carbocycles. The molecular weight excluding hydrogens is 228 g/mol. The topological polar surface area (TPSA) is 0 Å². The molecule has 0 atom stereocenters. The second-order valence-corrected chi connectivity index (χ2v) is 5.17. The Morgan fingerprint density at radius 1 is 0.632 bits per heavy atom. The van der Waals surface area contributed by atoms with Gasteiger partial charge in [-0.3, -0.25) is 0 Å². The van der Waals surface area contributed by atoms with Crippen molar-refractivity contribution < 1.29 is 0 Å². The van der Waals surface area contributed by atoms with E-state index >= 15 is 0 Å². The van der Waals surface area contributed by atoms with Crippen LogP contribution in [0.2, 0.25) is 0 Å². The molecule has 2 aliphatic rings. The normalized spacial score (nSPS) is 18.8. The first kappa shape index (κ1) is 10.6. The van der Waals surface area contributed by atoms with Crippen LogP contribution in [0.3, 0.4) is 0 Å². The number of hydrogen-bond donors (Lipinski definition) is 0. The molecule has 19 heavy (non-hydrogen) atoms. The van der Waals surface area contributed by atoms with E-state index in [0.717, 1.165) is 0 Å². The van der Waals surface area contributed by atoms with Crippen LogP contribution in [-0.2, 0) is 0 Å². The number of allylic oxidation sites excluding steroid dienone is 4. The molecule has 0 fully saturated rings. The van der Waals surface area contributed by atoms with E-state index in [9.17, 15) is 0 Å². The maximum absolute atomic E-state index is 2.28. The molecule has 0 nitrogen and oxygen atoms in total. The van der Waals surface area contributed by atoms with E-state index in [1.807, 2.05) is 0 Å². The molecule has 0 bridgehead atoms. The minimum atomic E-state index is 1.32. The zero-order chi connectivity index (χ0) is 12.8. The standard InChI is InChI=1S/C19H14/c1-13-6-7-15-9-11-18(19(15)12-13)17-10-8-14-4-2-3-5-16(14)17/h2-12H,1H3. The average Bonchev–Trinajstić information content (AvgIpc) is 3.01. The summed E-state index contributed by atoms with van der Waals surface area (Å²) in [5.74, 6) is 0. The van der Waals surface area contributed by atoms with E-state index in [1.165, 1.54) is 39.0 Å². The number of fused-ring (bicyclic) bond motifs is 2. The van der Waals surface area contributed by atoms with E-state index in [1.54, 1.807) is 0 Å². The van der Waals surface area contributed by atoms with Gasteiger partial charge in [0.15, 0.2) is 0 Å². The van der Waals surface area contributed by atoms with Gasteiger partial charge in [-0.15, -0.1) is 0 Å². The Bertz CT molecular complexity index is 770. The molecule has 0 N–H and O–H groups in total. The number of benzene rings is 2. The van der Waals surface area contributed by atoms with Crippen molar-refractivity contribution in [2.24, 2.45) is 0 Å². The smallest absolute Gasteiger partial charge is 0.00989 e. The molecule has 2 aromatic rings. The van der Waals surface area contributed by atoms with Gasteiger partial charge in [0, 0.05) is 0 Å². The van der Waals surface area contributed by atoms with Gasteiger partial charge in [-0.1, -0.05) is 72.3 Å². The first-order valence-corrected chi connectivity index (χ1v) is 6.64. The van der Waals surface area contributed by atoms with Crippen LogP contribution in [0.4, 0.5) is 0 Å². The van der Waals surface area contributed by atoms with Crippen molar-refractivity contribution in [2.75, 3.05) is 0 Å². The van der Waals surface area contributed by atoms with Gasteiger partial charge in [-0.2, -0.15) is 0 Å². The molecule has 0 radical (unpaired) electrons. The molecule has 0 spiro atoms. The fourth-order valence-corrected chi connectivity index (χ4v) is 2.93. The zero-order valence-corrected chi connectivity index (χ0v) is 10.9. The van der Waals surface area contributed by atoms with E-state index in [-0.39, 0.29) is 0 Å². The van der Waals surface area contributed by atoms with Crippen molar-refractivity contribution in [2.45, 2.75) is 6.92 Å².